The lowest BCUT2D eigenvalue weighted by molar-refractivity contribution is 0.187. The summed E-state index contributed by atoms with van der Waals surface area (Å²) >= 11 is 12.0. The Morgan fingerprint density at radius 2 is 1.84 bits per heavy atom. The Kier molecular flexibility index (Phi) is 4.66. The molecule has 0 saturated heterocycles. The van der Waals surface area contributed by atoms with Crippen LogP contribution >= 0.6 is 23.2 Å². The highest BCUT2D eigenvalue weighted by molar-refractivity contribution is 6.31. The summed E-state index contributed by atoms with van der Waals surface area (Å²) in [5.41, 5.74) is 5.98. The zero-order chi connectivity index (χ0) is 13.8. The van der Waals surface area contributed by atoms with Crippen molar-refractivity contribution >= 4 is 23.2 Å². The second kappa shape index (κ2) is 6.26. The van der Waals surface area contributed by atoms with Crippen molar-refractivity contribution in [3.05, 3.63) is 58.1 Å². The highest BCUT2D eigenvalue weighted by Crippen LogP contribution is 2.30. The van der Waals surface area contributed by atoms with E-state index in [1.807, 2.05) is 0 Å². The van der Waals surface area contributed by atoms with Crippen LogP contribution in [0.25, 0.3) is 0 Å². The molecule has 0 fully saturated rings. The summed E-state index contributed by atoms with van der Waals surface area (Å²) in [4.78, 5) is 0. The second-order valence-corrected chi connectivity index (χ2v) is 4.84. The lowest BCUT2D eigenvalue weighted by atomic mass is 10.1. The van der Waals surface area contributed by atoms with E-state index in [2.05, 4.69) is 0 Å². The van der Waals surface area contributed by atoms with Gasteiger partial charge in [-0.3, -0.25) is 0 Å². The van der Waals surface area contributed by atoms with Gasteiger partial charge in [0.25, 0.3) is 0 Å². The molecule has 0 saturated carbocycles. The van der Waals surface area contributed by atoms with Gasteiger partial charge in [0, 0.05) is 17.1 Å². The van der Waals surface area contributed by atoms with Gasteiger partial charge < -0.3 is 15.6 Å². The molecule has 3 N–H and O–H groups in total. The number of hydrogen-bond acceptors (Lipinski definition) is 3. The molecular weight excluding hydrogens is 285 g/mol. The molecule has 1 unspecified atom stereocenters. The number of hydrogen-bond donors (Lipinski definition) is 2. The maximum atomic E-state index is 9.66. The number of rotatable bonds is 4. The van der Waals surface area contributed by atoms with E-state index in [-0.39, 0.29) is 6.54 Å². The molecule has 0 aliphatic carbocycles. The SMILES string of the molecule is NCC(O)c1ccc(Oc2cccc(Cl)c2)cc1Cl. The number of nitrogens with two attached hydrogens (primary N) is 1. The molecular formula is C14H13Cl2NO2. The van der Waals surface area contributed by atoms with Crippen molar-refractivity contribution in [2.45, 2.75) is 6.10 Å². The zero-order valence-electron chi connectivity index (χ0n) is 10.0. The van der Waals surface area contributed by atoms with Gasteiger partial charge in [-0.2, -0.15) is 0 Å². The van der Waals surface area contributed by atoms with Crippen LogP contribution in [0.3, 0.4) is 0 Å². The van der Waals surface area contributed by atoms with Crippen LogP contribution in [-0.4, -0.2) is 11.7 Å². The first-order valence-electron chi connectivity index (χ1n) is 5.71. The second-order valence-electron chi connectivity index (χ2n) is 3.99. The summed E-state index contributed by atoms with van der Waals surface area (Å²) in [6.07, 6.45) is -0.771. The van der Waals surface area contributed by atoms with Crippen molar-refractivity contribution in [3.8, 4) is 11.5 Å². The molecule has 5 heteroatoms. The van der Waals surface area contributed by atoms with Gasteiger partial charge in [-0.25, -0.2) is 0 Å². The zero-order valence-corrected chi connectivity index (χ0v) is 11.5. The summed E-state index contributed by atoms with van der Waals surface area (Å²) in [6.45, 7) is 0.119. The Balaban J connectivity index is 2.21. The summed E-state index contributed by atoms with van der Waals surface area (Å²) in [7, 11) is 0. The summed E-state index contributed by atoms with van der Waals surface area (Å²) in [6, 6.07) is 12.1. The number of aliphatic hydroxyl groups excluding tert-OH is 1. The minimum Gasteiger partial charge on any atom is -0.457 e. The first-order valence-corrected chi connectivity index (χ1v) is 6.46. The number of benzene rings is 2. The van der Waals surface area contributed by atoms with Gasteiger partial charge in [0.15, 0.2) is 0 Å². The molecule has 0 aromatic heterocycles. The highest BCUT2D eigenvalue weighted by Gasteiger charge is 2.11. The van der Waals surface area contributed by atoms with E-state index >= 15 is 0 Å². The van der Waals surface area contributed by atoms with Crippen molar-refractivity contribution in [2.24, 2.45) is 5.73 Å². The number of ether oxygens (including phenoxy) is 1. The third-order valence-electron chi connectivity index (χ3n) is 2.59. The molecule has 0 radical (unpaired) electrons. The number of aliphatic hydroxyl groups is 1. The van der Waals surface area contributed by atoms with Crippen molar-refractivity contribution in [3.63, 3.8) is 0 Å². The molecule has 100 valence electrons. The summed E-state index contributed by atoms with van der Waals surface area (Å²) in [5, 5.41) is 10.7. The van der Waals surface area contributed by atoms with Crippen molar-refractivity contribution < 1.29 is 9.84 Å². The fourth-order valence-corrected chi connectivity index (χ4v) is 2.11. The van der Waals surface area contributed by atoms with Crippen LogP contribution in [0, 0.1) is 0 Å². The molecule has 0 aliphatic heterocycles. The summed E-state index contributed by atoms with van der Waals surface area (Å²) < 4.78 is 5.63. The molecule has 0 aliphatic rings. The predicted octanol–water partition coefficient (Wildman–Crippen LogP) is 3.78. The smallest absolute Gasteiger partial charge is 0.128 e. The molecule has 0 bridgehead atoms. The van der Waals surface area contributed by atoms with E-state index in [1.165, 1.54) is 0 Å². The van der Waals surface area contributed by atoms with Crippen LogP contribution in [0.4, 0.5) is 0 Å². The maximum absolute atomic E-state index is 9.66. The normalized spacial score (nSPS) is 12.2. The molecule has 0 amide bonds. The third-order valence-corrected chi connectivity index (χ3v) is 3.15. The average Bonchev–Trinajstić information content (AvgIpc) is 2.38. The fourth-order valence-electron chi connectivity index (χ4n) is 1.64. The lowest BCUT2D eigenvalue weighted by Gasteiger charge is -2.12. The van der Waals surface area contributed by atoms with E-state index in [9.17, 15) is 5.11 Å². The molecule has 2 aromatic rings. The molecule has 1 atom stereocenters. The summed E-state index contributed by atoms with van der Waals surface area (Å²) in [5.74, 6) is 1.19. The van der Waals surface area contributed by atoms with E-state index in [1.54, 1.807) is 42.5 Å². The monoisotopic (exact) mass is 297 g/mol. The Hall–Kier alpha value is -1.26. The lowest BCUT2D eigenvalue weighted by Crippen LogP contribution is -2.11. The van der Waals surface area contributed by atoms with Crippen molar-refractivity contribution in [1.82, 2.24) is 0 Å². The van der Waals surface area contributed by atoms with Crippen LogP contribution in [0.2, 0.25) is 10.0 Å². The van der Waals surface area contributed by atoms with E-state index < -0.39 is 6.10 Å². The quantitative estimate of drug-likeness (QED) is 0.903. The van der Waals surface area contributed by atoms with Crippen molar-refractivity contribution in [1.29, 1.82) is 0 Å². The van der Waals surface area contributed by atoms with Crippen LogP contribution in [0.5, 0.6) is 11.5 Å². The predicted molar refractivity (Wildman–Crippen MR) is 77.0 cm³/mol. The Labute approximate surface area is 121 Å². The maximum Gasteiger partial charge on any atom is 0.128 e. The van der Waals surface area contributed by atoms with E-state index in [0.29, 0.717) is 27.1 Å². The molecule has 0 heterocycles. The minimum atomic E-state index is -0.771. The first kappa shape index (κ1) is 14.2. The Bertz CT molecular complexity index is 575. The van der Waals surface area contributed by atoms with Crippen LogP contribution in [0.15, 0.2) is 42.5 Å². The van der Waals surface area contributed by atoms with Crippen molar-refractivity contribution in [2.75, 3.05) is 6.54 Å². The Morgan fingerprint density at radius 1 is 1.11 bits per heavy atom. The largest absolute Gasteiger partial charge is 0.457 e. The van der Waals surface area contributed by atoms with E-state index in [4.69, 9.17) is 33.7 Å². The minimum absolute atomic E-state index is 0.119. The van der Waals surface area contributed by atoms with E-state index in [0.717, 1.165) is 0 Å². The topological polar surface area (TPSA) is 55.5 Å². The standard InChI is InChI=1S/C14H13Cl2NO2/c15-9-2-1-3-10(6-9)19-11-4-5-12(13(16)7-11)14(18)8-17/h1-7,14,18H,8,17H2. The van der Waals surface area contributed by atoms with Crippen LogP contribution < -0.4 is 10.5 Å². The molecule has 2 rings (SSSR count). The van der Waals surface area contributed by atoms with Crippen LogP contribution in [-0.2, 0) is 0 Å². The van der Waals surface area contributed by atoms with Gasteiger partial charge in [-0.1, -0.05) is 35.3 Å². The first-order chi connectivity index (χ1) is 9.10. The molecule has 3 nitrogen and oxygen atoms in total. The molecule has 2 aromatic carbocycles. The van der Waals surface area contributed by atoms with Gasteiger partial charge in [-0.15, -0.1) is 0 Å². The third kappa shape index (κ3) is 3.61. The van der Waals surface area contributed by atoms with Gasteiger partial charge in [0.05, 0.1) is 11.1 Å². The highest BCUT2D eigenvalue weighted by atomic mass is 35.5. The molecule has 19 heavy (non-hydrogen) atoms. The number of halogens is 2. The fraction of sp³-hybridized carbons (Fsp3) is 0.143. The van der Waals surface area contributed by atoms with Gasteiger partial charge in [-0.05, 0) is 30.3 Å². The van der Waals surface area contributed by atoms with Gasteiger partial charge in [0.1, 0.15) is 11.5 Å². The molecule has 0 spiro atoms. The van der Waals surface area contributed by atoms with Gasteiger partial charge >= 0.3 is 0 Å². The van der Waals surface area contributed by atoms with Gasteiger partial charge in [0.2, 0.25) is 0 Å². The average molecular weight is 298 g/mol. The van der Waals surface area contributed by atoms with Crippen LogP contribution in [0.1, 0.15) is 11.7 Å². The Morgan fingerprint density at radius 3 is 2.47 bits per heavy atom.